The minimum atomic E-state index is 0.227. The van der Waals surface area contributed by atoms with Gasteiger partial charge >= 0.3 is 0 Å². The number of anilines is 1. The van der Waals surface area contributed by atoms with Crippen LogP contribution >= 0.6 is 0 Å². The van der Waals surface area contributed by atoms with Gasteiger partial charge < -0.3 is 25.3 Å². The Kier molecular flexibility index (Phi) is 7.07. The van der Waals surface area contributed by atoms with E-state index in [0.717, 1.165) is 30.0 Å². The molecule has 19 heavy (non-hydrogen) atoms. The van der Waals surface area contributed by atoms with E-state index in [1.165, 1.54) is 0 Å². The summed E-state index contributed by atoms with van der Waals surface area (Å²) < 4.78 is 15.7. The molecule has 0 saturated carbocycles. The zero-order chi connectivity index (χ0) is 14.1. The molecule has 3 N–H and O–H groups in total. The van der Waals surface area contributed by atoms with Gasteiger partial charge in [0.1, 0.15) is 11.5 Å². The van der Waals surface area contributed by atoms with Crippen LogP contribution < -0.4 is 20.5 Å². The van der Waals surface area contributed by atoms with Crippen LogP contribution in [0.2, 0.25) is 0 Å². The molecule has 0 aliphatic heterocycles. The maximum atomic E-state index is 5.55. The molecule has 108 valence electrons. The Balaban J connectivity index is 2.76. The van der Waals surface area contributed by atoms with Crippen LogP contribution in [0.15, 0.2) is 18.2 Å². The zero-order valence-corrected chi connectivity index (χ0v) is 11.9. The minimum absolute atomic E-state index is 0.227. The van der Waals surface area contributed by atoms with Crippen LogP contribution in [0.3, 0.4) is 0 Å². The highest BCUT2D eigenvalue weighted by molar-refractivity contribution is 5.54. The van der Waals surface area contributed by atoms with Crippen molar-refractivity contribution in [1.82, 2.24) is 0 Å². The van der Waals surface area contributed by atoms with Crippen molar-refractivity contribution >= 4 is 5.69 Å². The molecule has 0 heterocycles. The van der Waals surface area contributed by atoms with Crippen molar-refractivity contribution in [2.75, 3.05) is 39.8 Å². The number of hydrogen-bond acceptors (Lipinski definition) is 5. The quantitative estimate of drug-likeness (QED) is 0.715. The van der Waals surface area contributed by atoms with Crippen LogP contribution in [0.4, 0.5) is 5.69 Å². The number of nitrogens with two attached hydrogens (primary N) is 1. The summed E-state index contributed by atoms with van der Waals surface area (Å²) in [5, 5.41) is 3.42. The predicted octanol–water partition coefficient (Wildman–Crippen LogP) is 1.87. The molecule has 5 nitrogen and oxygen atoms in total. The molecule has 0 amide bonds. The second-order valence-electron chi connectivity index (χ2n) is 4.33. The molecule has 1 aromatic carbocycles. The van der Waals surface area contributed by atoms with Crippen molar-refractivity contribution in [2.45, 2.75) is 18.9 Å². The van der Waals surface area contributed by atoms with Gasteiger partial charge in [0.15, 0.2) is 0 Å². The number of hydrogen-bond donors (Lipinski definition) is 2. The van der Waals surface area contributed by atoms with E-state index in [4.69, 9.17) is 19.9 Å². The summed E-state index contributed by atoms with van der Waals surface area (Å²) in [4.78, 5) is 0. The fraction of sp³-hybridized carbons (Fsp3) is 0.571. The van der Waals surface area contributed by atoms with Gasteiger partial charge in [-0.15, -0.1) is 0 Å². The fourth-order valence-corrected chi connectivity index (χ4v) is 1.89. The lowest BCUT2D eigenvalue weighted by Crippen LogP contribution is -2.25. The summed E-state index contributed by atoms with van der Waals surface area (Å²) >= 11 is 0. The third kappa shape index (κ3) is 5.36. The van der Waals surface area contributed by atoms with Crippen molar-refractivity contribution in [3.63, 3.8) is 0 Å². The molecule has 0 spiro atoms. The van der Waals surface area contributed by atoms with Crippen molar-refractivity contribution in [2.24, 2.45) is 5.73 Å². The molecule has 0 aliphatic carbocycles. The maximum Gasteiger partial charge on any atom is 0.124 e. The largest absolute Gasteiger partial charge is 0.497 e. The van der Waals surface area contributed by atoms with E-state index < -0.39 is 0 Å². The molecule has 0 aliphatic rings. The smallest absolute Gasteiger partial charge is 0.124 e. The van der Waals surface area contributed by atoms with E-state index in [2.05, 4.69) is 5.32 Å². The lowest BCUT2D eigenvalue weighted by molar-refractivity contribution is 0.182. The van der Waals surface area contributed by atoms with Crippen LogP contribution in [-0.4, -0.2) is 40.5 Å². The SMILES string of the molecule is COCC(CCCN)Nc1cc(OC)cc(OC)c1. The molecule has 0 aromatic heterocycles. The monoisotopic (exact) mass is 268 g/mol. The number of methoxy groups -OCH3 is 3. The second-order valence-corrected chi connectivity index (χ2v) is 4.33. The van der Waals surface area contributed by atoms with Crippen LogP contribution in [0.1, 0.15) is 12.8 Å². The van der Waals surface area contributed by atoms with E-state index in [9.17, 15) is 0 Å². The molecule has 0 radical (unpaired) electrons. The maximum absolute atomic E-state index is 5.55. The summed E-state index contributed by atoms with van der Waals surface area (Å²) in [5.41, 5.74) is 6.50. The molecular formula is C14H24N2O3. The van der Waals surface area contributed by atoms with Crippen molar-refractivity contribution in [3.8, 4) is 11.5 Å². The summed E-state index contributed by atoms with van der Waals surface area (Å²) in [5.74, 6) is 1.52. The summed E-state index contributed by atoms with van der Waals surface area (Å²) in [7, 11) is 4.97. The Morgan fingerprint density at radius 3 is 2.21 bits per heavy atom. The van der Waals surface area contributed by atoms with E-state index >= 15 is 0 Å². The van der Waals surface area contributed by atoms with Crippen molar-refractivity contribution in [3.05, 3.63) is 18.2 Å². The van der Waals surface area contributed by atoms with Crippen LogP contribution in [0, 0.1) is 0 Å². The summed E-state index contributed by atoms with van der Waals surface area (Å²) in [6.45, 7) is 1.32. The lowest BCUT2D eigenvalue weighted by Gasteiger charge is -2.20. The van der Waals surface area contributed by atoms with Gasteiger partial charge in [-0.05, 0) is 19.4 Å². The average Bonchev–Trinajstić information content (AvgIpc) is 2.44. The molecule has 1 unspecified atom stereocenters. The van der Waals surface area contributed by atoms with Crippen LogP contribution in [0.25, 0.3) is 0 Å². The highest BCUT2D eigenvalue weighted by atomic mass is 16.5. The summed E-state index contributed by atoms with van der Waals surface area (Å²) in [6, 6.07) is 5.95. The van der Waals surface area contributed by atoms with E-state index in [0.29, 0.717) is 13.2 Å². The lowest BCUT2D eigenvalue weighted by atomic mass is 10.1. The predicted molar refractivity (Wildman–Crippen MR) is 77.1 cm³/mol. The van der Waals surface area contributed by atoms with Gasteiger partial charge in [-0.3, -0.25) is 0 Å². The Labute approximate surface area is 115 Å². The third-order valence-electron chi connectivity index (χ3n) is 2.85. The molecule has 5 heteroatoms. The van der Waals surface area contributed by atoms with Gasteiger partial charge in [0.05, 0.1) is 20.8 Å². The molecule has 0 bridgehead atoms. The second kappa shape index (κ2) is 8.61. The molecule has 1 rings (SSSR count). The van der Waals surface area contributed by atoms with Gasteiger partial charge in [0.25, 0.3) is 0 Å². The number of benzene rings is 1. The first-order valence-corrected chi connectivity index (χ1v) is 6.42. The van der Waals surface area contributed by atoms with E-state index in [-0.39, 0.29) is 6.04 Å². The number of ether oxygens (including phenoxy) is 3. The molecule has 0 fully saturated rings. The average molecular weight is 268 g/mol. The Hall–Kier alpha value is -1.46. The van der Waals surface area contributed by atoms with Gasteiger partial charge in [0.2, 0.25) is 0 Å². The third-order valence-corrected chi connectivity index (χ3v) is 2.85. The Morgan fingerprint density at radius 1 is 1.11 bits per heavy atom. The van der Waals surface area contributed by atoms with Gasteiger partial charge in [-0.25, -0.2) is 0 Å². The van der Waals surface area contributed by atoms with Gasteiger partial charge in [-0.2, -0.15) is 0 Å². The fourth-order valence-electron chi connectivity index (χ4n) is 1.89. The normalized spacial score (nSPS) is 12.0. The Morgan fingerprint density at radius 2 is 1.74 bits per heavy atom. The van der Waals surface area contributed by atoms with Gasteiger partial charge in [0, 0.05) is 37.0 Å². The van der Waals surface area contributed by atoms with Crippen LogP contribution in [-0.2, 0) is 4.74 Å². The first kappa shape index (κ1) is 15.6. The highest BCUT2D eigenvalue weighted by Crippen LogP contribution is 2.26. The Bertz CT molecular complexity index is 349. The van der Waals surface area contributed by atoms with Crippen LogP contribution in [0.5, 0.6) is 11.5 Å². The first-order chi connectivity index (χ1) is 9.23. The van der Waals surface area contributed by atoms with E-state index in [1.54, 1.807) is 21.3 Å². The number of rotatable bonds is 9. The molecular weight excluding hydrogens is 244 g/mol. The highest BCUT2D eigenvalue weighted by Gasteiger charge is 2.09. The summed E-state index contributed by atoms with van der Waals surface area (Å²) in [6.07, 6.45) is 1.92. The molecule has 1 aromatic rings. The number of nitrogens with one attached hydrogen (secondary N) is 1. The van der Waals surface area contributed by atoms with Gasteiger partial charge in [-0.1, -0.05) is 0 Å². The molecule has 0 saturated heterocycles. The zero-order valence-electron chi connectivity index (χ0n) is 11.9. The minimum Gasteiger partial charge on any atom is -0.497 e. The standard InChI is InChI=1S/C14H24N2O3/c1-17-10-11(5-4-6-15)16-12-7-13(18-2)9-14(8-12)19-3/h7-9,11,16H,4-6,10,15H2,1-3H3. The first-order valence-electron chi connectivity index (χ1n) is 6.42. The molecule has 1 atom stereocenters. The van der Waals surface area contributed by atoms with Crippen molar-refractivity contribution < 1.29 is 14.2 Å². The topological polar surface area (TPSA) is 65.7 Å². The van der Waals surface area contributed by atoms with Crippen molar-refractivity contribution in [1.29, 1.82) is 0 Å². The van der Waals surface area contributed by atoms with E-state index in [1.807, 2.05) is 18.2 Å².